The van der Waals surface area contributed by atoms with Gasteiger partial charge in [-0.15, -0.1) is 0 Å². The fourth-order valence-corrected chi connectivity index (χ4v) is 1.55. The van der Waals surface area contributed by atoms with Gasteiger partial charge in [-0.25, -0.2) is 4.79 Å². The molecule has 1 N–H and O–H groups in total. The molecule has 5 nitrogen and oxygen atoms in total. The summed E-state index contributed by atoms with van der Waals surface area (Å²) in [5, 5.41) is 8.67. The first-order valence-electron chi connectivity index (χ1n) is 5.80. The van der Waals surface area contributed by atoms with Gasteiger partial charge in [0.2, 0.25) is 0 Å². The van der Waals surface area contributed by atoms with Crippen molar-refractivity contribution in [3.8, 4) is 0 Å². The number of ketones is 1. The van der Waals surface area contributed by atoms with E-state index in [0.717, 1.165) is 5.56 Å². The lowest BCUT2D eigenvalue weighted by molar-refractivity contribution is -0.141. The predicted molar refractivity (Wildman–Crippen MR) is 73.2 cm³/mol. The quantitative estimate of drug-likeness (QED) is 0.171. The van der Waals surface area contributed by atoms with Crippen LogP contribution >= 0.6 is 11.6 Å². The first-order chi connectivity index (χ1) is 9.38. The van der Waals surface area contributed by atoms with Crippen LogP contribution in [-0.2, 0) is 19.1 Å². The molecule has 0 radical (unpaired) electrons. The van der Waals surface area contributed by atoms with Crippen molar-refractivity contribution in [3.63, 3.8) is 0 Å². The van der Waals surface area contributed by atoms with E-state index in [2.05, 4.69) is 4.74 Å². The summed E-state index contributed by atoms with van der Waals surface area (Å²) in [4.78, 5) is 34.3. The van der Waals surface area contributed by atoms with Crippen molar-refractivity contribution in [1.82, 2.24) is 0 Å². The molecule has 0 unspecified atom stereocenters. The molecule has 0 atom stereocenters. The number of hydrogen-bond acceptors (Lipinski definition) is 5. The van der Waals surface area contributed by atoms with Crippen LogP contribution in [0.3, 0.4) is 0 Å². The van der Waals surface area contributed by atoms with Gasteiger partial charge in [-0.05, 0) is 25.4 Å². The third kappa shape index (κ3) is 3.68. The van der Waals surface area contributed by atoms with Gasteiger partial charge < -0.3 is 9.84 Å². The molecule has 1 aromatic rings. The average molecular weight is 297 g/mol. The fraction of sp³-hybridized carbons (Fsp3) is 0.214. The summed E-state index contributed by atoms with van der Waals surface area (Å²) in [5.41, 5.74) is 0.375. The second kappa shape index (κ2) is 6.86. The SMILES string of the molecule is CCOC(=O)C(C(=O)C(=O)Cl)=C(O)c1ccc(C)cc1. The summed E-state index contributed by atoms with van der Waals surface area (Å²) in [6, 6.07) is 6.38. The second-order valence-electron chi connectivity index (χ2n) is 3.91. The molecule has 0 fully saturated rings. The van der Waals surface area contributed by atoms with Crippen LogP contribution in [0, 0.1) is 6.92 Å². The summed E-state index contributed by atoms with van der Waals surface area (Å²) in [7, 11) is 0. The molecule has 0 heterocycles. The van der Waals surface area contributed by atoms with E-state index in [-0.39, 0.29) is 12.2 Å². The highest BCUT2D eigenvalue weighted by molar-refractivity contribution is 6.84. The zero-order chi connectivity index (χ0) is 15.3. The number of Topliss-reactive ketones (excluding diaryl/α,β-unsaturated/α-hetero) is 1. The number of rotatable bonds is 5. The topological polar surface area (TPSA) is 80.7 Å². The number of aliphatic hydroxyl groups is 1. The Labute approximate surface area is 120 Å². The number of aliphatic hydroxyl groups excluding tert-OH is 1. The Kier molecular flexibility index (Phi) is 5.46. The standard InChI is InChI=1S/C14H13ClO5/c1-3-20-14(19)10(12(17)13(15)18)11(16)9-6-4-8(2)5-7-9/h4-7,16H,3H2,1-2H3. The molecule has 6 heteroatoms. The van der Waals surface area contributed by atoms with Crippen molar-refractivity contribution < 1.29 is 24.2 Å². The second-order valence-corrected chi connectivity index (χ2v) is 4.26. The number of esters is 1. The Hall–Kier alpha value is -2.14. The Bertz CT molecular complexity index is 572. The zero-order valence-corrected chi connectivity index (χ0v) is 11.7. The van der Waals surface area contributed by atoms with Gasteiger partial charge in [0.25, 0.3) is 11.0 Å². The van der Waals surface area contributed by atoms with Gasteiger partial charge >= 0.3 is 5.97 Å². The molecule has 0 aromatic heterocycles. The molecule has 20 heavy (non-hydrogen) atoms. The van der Waals surface area contributed by atoms with Crippen LogP contribution in [0.15, 0.2) is 29.8 Å². The molecule has 106 valence electrons. The van der Waals surface area contributed by atoms with Crippen molar-refractivity contribution in [2.75, 3.05) is 6.61 Å². The predicted octanol–water partition coefficient (Wildman–Crippen LogP) is 2.16. The zero-order valence-electron chi connectivity index (χ0n) is 11.0. The number of carbonyl (C=O) groups excluding carboxylic acids is 3. The van der Waals surface area contributed by atoms with Gasteiger partial charge in [-0.1, -0.05) is 29.8 Å². The Morgan fingerprint density at radius 1 is 1.20 bits per heavy atom. The van der Waals surface area contributed by atoms with E-state index in [1.165, 1.54) is 19.1 Å². The average Bonchev–Trinajstić information content (AvgIpc) is 2.39. The van der Waals surface area contributed by atoms with Gasteiger partial charge in [-0.2, -0.15) is 0 Å². The maximum atomic E-state index is 11.7. The molecule has 1 aromatic carbocycles. The number of hydrogen-bond donors (Lipinski definition) is 1. The minimum atomic E-state index is -1.37. The Balaban J connectivity index is 3.36. The molecular formula is C14H13ClO5. The largest absolute Gasteiger partial charge is 0.506 e. The molecule has 0 saturated heterocycles. The molecule has 0 amide bonds. The van der Waals surface area contributed by atoms with Crippen LogP contribution in [0.5, 0.6) is 0 Å². The van der Waals surface area contributed by atoms with Crippen molar-refractivity contribution in [2.24, 2.45) is 0 Å². The molecular weight excluding hydrogens is 284 g/mol. The van der Waals surface area contributed by atoms with E-state index in [9.17, 15) is 19.5 Å². The monoisotopic (exact) mass is 296 g/mol. The summed E-state index contributed by atoms with van der Waals surface area (Å²) < 4.78 is 4.65. The van der Waals surface area contributed by atoms with Crippen molar-refractivity contribution in [1.29, 1.82) is 0 Å². The summed E-state index contributed by atoms with van der Waals surface area (Å²) in [6.07, 6.45) is 0. The molecule has 0 spiro atoms. The van der Waals surface area contributed by atoms with Gasteiger partial charge in [0.15, 0.2) is 5.57 Å². The van der Waals surface area contributed by atoms with Gasteiger partial charge in [0.05, 0.1) is 6.61 Å². The third-order valence-electron chi connectivity index (χ3n) is 2.45. The molecule has 1 rings (SSSR count). The van der Waals surface area contributed by atoms with E-state index in [0.29, 0.717) is 0 Å². The molecule has 0 saturated carbocycles. The van der Waals surface area contributed by atoms with Gasteiger partial charge in [0.1, 0.15) is 5.76 Å². The van der Waals surface area contributed by atoms with E-state index in [4.69, 9.17) is 11.6 Å². The van der Waals surface area contributed by atoms with Crippen molar-refractivity contribution in [3.05, 3.63) is 41.0 Å². The fourth-order valence-electron chi connectivity index (χ4n) is 1.45. The van der Waals surface area contributed by atoms with Crippen molar-refractivity contribution in [2.45, 2.75) is 13.8 Å². The summed E-state index contributed by atoms with van der Waals surface area (Å²) in [5.74, 6) is -3.03. The van der Waals surface area contributed by atoms with Crippen LogP contribution in [0.25, 0.3) is 5.76 Å². The highest BCUT2D eigenvalue weighted by Crippen LogP contribution is 2.19. The van der Waals surface area contributed by atoms with E-state index in [1.807, 2.05) is 6.92 Å². The number of benzene rings is 1. The third-order valence-corrected chi connectivity index (χ3v) is 2.62. The summed E-state index contributed by atoms with van der Waals surface area (Å²) >= 11 is 5.08. The van der Waals surface area contributed by atoms with Crippen LogP contribution in [0.4, 0.5) is 0 Å². The van der Waals surface area contributed by atoms with Gasteiger partial charge in [0, 0.05) is 5.56 Å². The molecule has 0 aliphatic carbocycles. The highest BCUT2D eigenvalue weighted by Gasteiger charge is 2.29. The highest BCUT2D eigenvalue weighted by atomic mass is 35.5. The van der Waals surface area contributed by atoms with Crippen LogP contribution in [0.1, 0.15) is 18.1 Å². The van der Waals surface area contributed by atoms with Crippen molar-refractivity contribution >= 4 is 34.4 Å². The van der Waals surface area contributed by atoms with E-state index in [1.54, 1.807) is 12.1 Å². The Morgan fingerprint density at radius 3 is 2.20 bits per heavy atom. The first kappa shape index (κ1) is 15.9. The number of aryl methyl sites for hydroxylation is 1. The molecule has 0 aliphatic rings. The molecule has 0 bridgehead atoms. The maximum Gasteiger partial charge on any atom is 0.346 e. The number of carbonyl (C=O) groups is 3. The normalized spacial score (nSPS) is 11.6. The smallest absolute Gasteiger partial charge is 0.346 e. The van der Waals surface area contributed by atoms with E-state index >= 15 is 0 Å². The first-order valence-corrected chi connectivity index (χ1v) is 6.17. The minimum Gasteiger partial charge on any atom is -0.506 e. The lowest BCUT2D eigenvalue weighted by Crippen LogP contribution is -2.22. The lowest BCUT2D eigenvalue weighted by atomic mass is 10.0. The lowest BCUT2D eigenvalue weighted by Gasteiger charge is -2.08. The summed E-state index contributed by atoms with van der Waals surface area (Å²) in [6.45, 7) is 3.36. The van der Waals surface area contributed by atoms with Gasteiger partial charge in [-0.3, -0.25) is 9.59 Å². The van der Waals surface area contributed by atoms with Crippen LogP contribution in [0.2, 0.25) is 0 Å². The minimum absolute atomic E-state index is 0.00668. The Morgan fingerprint density at radius 2 is 1.75 bits per heavy atom. The number of halogens is 1. The number of ether oxygens (including phenoxy) is 1. The van der Waals surface area contributed by atoms with Crippen LogP contribution in [-0.4, -0.2) is 28.7 Å². The maximum absolute atomic E-state index is 11.7. The van der Waals surface area contributed by atoms with Crippen LogP contribution < -0.4 is 0 Å². The molecule has 0 aliphatic heterocycles. The van der Waals surface area contributed by atoms with E-state index < -0.39 is 28.3 Å².